The van der Waals surface area contributed by atoms with Crippen LogP contribution in [-0.4, -0.2) is 62.5 Å². The maximum Gasteiger partial charge on any atom is 0.313 e. The van der Waals surface area contributed by atoms with E-state index in [1.165, 1.54) is 0 Å². The molecule has 1 atom stereocenters. The van der Waals surface area contributed by atoms with Gasteiger partial charge < -0.3 is 14.6 Å². The highest BCUT2D eigenvalue weighted by Crippen LogP contribution is 2.30. The number of carbonyl (C=O) groups is 1. The highest BCUT2D eigenvalue weighted by molar-refractivity contribution is 5.75. The van der Waals surface area contributed by atoms with Crippen LogP contribution in [0, 0.1) is 11.3 Å². The summed E-state index contributed by atoms with van der Waals surface area (Å²) in [6.45, 7) is 8.12. The number of hydrogen-bond acceptors (Lipinski definition) is 4. The molecule has 5 nitrogen and oxygen atoms in total. The third-order valence-corrected chi connectivity index (χ3v) is 3.54. The first kappa shape index (κ1) is 16.4. The Morgan fingerprint density at radius 3 is 2.74 bits per heavy atom. The first-order chi connectivity index (χ1) is 9.00. The van der Waals surface area contributed by atoms with Crippen LogP contribution in [0.25, 0.3) is 0 Å². The van der Waals surface area contributed by atoms with Crippen molar-refractivity contribution in [1.82, 2.24) is 4.90 Å². The highest BCUT2D eigenvalue weighted by atomic mass is 16.5. The predicted octanol–water partition coefficient (Wildman–Crippen LogP) is 1.47. The van der Waals surface area contributed by atoms with E-state index >= 15 is 0 Å². The summed E-state index contributed by atoms with van der Waals surface area (Å²) in [7, 11) is 1.67. The zero-order valence-corrected chi connectivity index (χ0v) is 12.4. The van der Waals surface area contributed by atoms with E-state index in [0.717, 1.165) is 19.5 Å². The summed E-state index contributed by atoms with van der Waals surface area (Å²) in [6.07, 6.45) is 1.52. The molecule has 0 radical (unpaired) electrons. The van der Waals surface area contributed by atoms with Crippen LogP contribution in [0.1, 0.15) is 26.7 Å². The van der Waals surface area contributed by atoms with Crippen molar-refractivity contribution in [2.24, 2.45) is 11.3 Å². The molecule has 0 bridgehead atoms. The molecule has 112 valence electrons. The van der Waals surface area contributed by atoms with Crippen molar-refractivity contribution in [3.05, 3.63) is 0 Å². The zero-order valence-electron chi connectivity index (χ0n) is 12.4. The minimum Gasteiger partial charge on any atom is -0.481 e. The number of rotatable bonds is 8. The van der Waals surface area contributed by atoms with Gasteiger partial charge in [0.15, 0.2) is 0 Å². The Bertz CT molecular complexity index is 275. The summed E-state index contributed by atoms with van der Waals surface area (Å²) in [5, 5.41) is 9.56. The molecule has 19 heavy (non-hydrogen) atoms. The molecule has 1 aliphatic rings. The summed E-state index contributed by atoms with van der Waals surface area (Å²) in [6, 6.07) is 0. The van der Waals surface area contributed by atoms with Crippen molar-refractivity contribution in [1.29, 1.82) is 0 Å². The average Bonchev–Trinajstić information content (AvgIpc) is 2.36. The van der Waals surface area contributed by atoms with Gasteiger partial charge in [-0.05, 0) is 18.8 Å². The van der Waals surface area contributed by atoms with Gasteiger partial charge >= 0.3 is 5.97 Å². The van der Waals surface area contributed by atoms with Gasteiger partial charge in [-0.15, -0.1) is 0 Å². The topological polar surface area (TPSA) is 59.0 Å². The second kappa shape index (κ2) is 7.82. The Labute approximate surface area is 115 Å². The molecule has 1 fully saturated rings. The van der Waals surface area contributed by atoms with Crippen molar-refractivity contribution in [3.8, 4) is 0 Å². The molecule has 1 rings (SSSR count). The molecule has 0 aromatic heterocycles. The molecule has 0 amide bonds. The molecule has 5 heteroatoms. The fourth-order valence-corrected chi connectivity index (χ4v) is 2.61. The lowest BCUT2D eigenvalue weighted by atomic mass is 9.82. The van der Waals surface area contributed by atoms with Crippen molar-refractivity contribution in [2.45, 2.75) is 26.7 Å². The number of nitrogens with zero attached hydrogens (tertiary/aromatic N) is 1. The van der Waals surface area contributed by atoms with Gasteiger partial charge in [-0.3, -0.25) is 9.69 Å². The monoisotopic (exact) mass is 273 g/mol. The van der Waals surface area contributed by atoms with E-state index in [-0.39, 0.29) is 0 Å². The van der Waals surface area contributed by atoms with E-state index in [9.17, 15) is 9.90 Å². The average molecular weight is 273 g/mol. The molecular weight excluding hydrogens is 246 g/mol. The lowest BCUT2D eigenvalue weighted by molar-refractivity contribution is -0.159. The third kappa shape index (κ3) is 5.09. The summed E-state index contributed by atoms with van der Waals surface area (Å²) in [5.74, 6) is -0.231. The van der Waals surface area contributed by atoms with Gasteiger partial charge in [-0.2, -0.15) is 0 Å². The predicted molar refractivity (Wildman–Crippen MR) is 73.3 cm³/mol. The van der Waals surface area contributed by atoms with Gasteiger partial charge in [-0.1, -0.05) is 13.8 Å². The molecule has 0 aliphatic carbocycles. The third-order valence-electron chi connectivity index (χ3n) is 3.54. The van der Waals surface area contributed by atoms with Crippen LogP contribution in [0.2, 0.25) is 0 Å². The van der Waals surface area contributed by atoms with E-state index in [1.807, 2.05) is 0 Å². The summed E-state index contributed by atoms with van der Waals surface area (Å²) in [5.41, 5.74) is -0.749. The SMILES string of the molecule is COCCN(CC(C)C)CC1(C(=O)O)CCCOC1. The Morgan fingerprint density at radius 1 is 1.53 bits per heavy atom. The minimum atomic E-state index is -0.749. The molecule has 0 saturated carbocycles. The van der Waals surface area contributed by atoms with E-state index in [1.54, 1.807) is 7.11 Å². The van der Waals surface area contributed by atoms with Crippen molar-refractivity contribution >= 4 is 5.97 Å². The smallest absolute Gasteiger partial charge is 0.313 e. The van der Waals surface area contributed by atoms with E-state index < -0.39 is 11.4 Å². The summed E-state index contributed by atoms with van der Waals surface area (Å²) < 4.78 is 10.5. The van der Waals surface area contributed by atoms with Crippen LogP contribution >= 0.6 is 0 Å². The number of hydrogen-bond donors (Lipinski definition) is 1. The molecule has 1 unspecified atom stereocenters. The maximum atomic E-state index is 11.6. The molecule has 1 N–H and O–H groups in total. The standard InChI is InChI=1S/C14H27NO4/c1-12(2)9-15(6-8-18-3)10-14(13(16)17)5-4-7-19-11-14/h12H,4-11H2,1-3H3,(H,16,17). The van der Waals surface area contributed by atoms with Gasteiger partial charge in [-0.25, -0.2) is 0 Å². The van der Waals surface area contributed by atoms with Crippen LogP contribution in [0.15, 0.2) is 0 Å². The van der Waals surface area contributed by atoms with Crippen molar-refractivity contribution in [2.75, 3.05) is 46.6 Å². The lowest BCUT2D eigenvalue weighted by Gasteiger charge is -2.38. The van der Waals surface area contributed by atoms with Gasteiger partial charge in [0.25, 0.3) is 0 Å². The molecule has 1 saturated heterocycles. The number of aliphatic carboxylic acids is 1. The fraction of sp³-hybridized carbons (Fsp3) is 0.929. The van der Waals surface area contributed by atoms with Gasteiger partial charge in [0.05, 0.1) is 13.2 Å². The normalized spacial score (nSPS) is 24.1. The van der Waals surface area contributed by atoms with E-state index in [4.69, 9.17) is 9.47 Å². The summed E-state index contributed by atoms with van der Waals surface area (Å²) >= 11 is 0. The van der Waals surface area contributed by atoms with Crippen LogP contribution < -0.4 is 0 Å². The zero-order chi connectivity index (χ0) is 14.3. The molecule has 0 aromatic carbocycles. The summed E-state index contributed by atoms with van der Waals surface area (Å²) in [4.78, 5) is 13.8. The first-order valence-electron chi connectivity index (χ1n) is 7.02. The Morgan fingerprint density at radius 2 is 2.26 bits per heavy atom. The van der Waals surface area contributed by atoms with E-state index in [2.05, 4.69) is 18.7 Å². The molecule has 1 heterocycles. The van der Waals surface area contributed by atoms with Crippen LogP contribution in [-0.2, 0) is 14.3 Å². The molecule has 1 aliphatic heterocycles. The maximum absolute atomic E-state index is 11.6. The number of carboxylic acids is 1. The Hall–Kier alpha value is -0.650. The molecule has 0 spiro atoms. The Kier molecular flexibility index (Phi) is 6.75. The lowest BCUT2D eigenvalue weighted by Crippen LogP contribution is -2.49. The molecular formula is C14H27NO4. The number of methoxy groups -OCH3 is 1. The van der Waals surface area contributed by atoms with Crippen LogP contribution in [0.4, 0.5) is 0 Å². The number of carboxylic acid groups (broad SMARTS) is 1. The first-order valence-corrected chi connectivity index (χ1v) is 7.02. The van der Waals surface area contributed by atoms with Gasteiger partial charge in [0.1, 0.15) is 5.41 Å². The van der Waals surface area contributed by atoms with Crippen molar-refractivity contribution in [3.63, 3.8) is 0 Å². The Balaban J connectivity index is 2.68. The second-order valence-corrected chi connectivity index (χ2v) is 5.86. The van der Waals surface area contributed by atoms with Crippen LogP contribution in [0.5, 0.6) is 0 Å². The largest absolute Gasteiger partial charge is 0.481 e. The van der Waals surface area contributed by atoms with Gasteiger partial charge in [0, 0.05) is 33.4 Å². The van der Waals surface area contributed by atoms with Gasteiger partial charge in [0.2, 0.25) is 0 Å². The van der Waals surface area contributed by atoms with Crippen molar-refractivity contribution < 1.29 is 19.4 Å². The quantitative estimate of drug-likeness (QED) is 0.726. The highest BCUT2D eigenvalue weighted by Gasteiger charge is 2.42. The minimum absolute atomic E-state index is 0.323. The molecule has 0 aromatic rings. The fourth-order valence-electron chi connectivity index (χ4n) is 2.61. The van der Waals surface area contributed by atoms with Crippen LogP contribution in [0.3, 0.4) is 0 Å². The second-order valence-electron chi connectivity index (χ2n) is 5.86. The van der Waals surface area contributed by atoms with E-state index in [0.29, 0.717) is 38.7 Å². The number of ether oxygens (including phenoxy) is 2.